The van der Waals surface area contributed by atoms with E-state index in [1.54, 1.807) is 0 Å². The Balaban J connectivity index is 4.38. The Morgan fingerprint density at radius 2 is 1.80 bits per heavy atom. The Morgan fingerprint density at radius 1 is 1.20 bits per heavy atom. The fraction of sp³-hybridized carbons (Fsp3) is 0.867. The van der Waals surface area contributed by atoms with Crippen LogP contribution < -0.4 is 11.1 Å². The van der Waals surface area contributed by atoms with E-state index in [2.05, 4.69) is 37.9 Å². The molecule has 0 saturated heterocycles. The van der Waals surface area contributed by atoms with Gasteiger partial charge in [-0.3, -0.25) is 9.69 Å². The summed E-state index contributed by atoms with van der Waals surface area (Å²) in [5.74, 6) is 1.20. The molecule has 4 nitrogen and oxygen atoms in total. The summed E-state index contributed by atoms with van der Waals surface area (Å²) in [6.07, 6.45) is 1.67. The zero-order chi connectivity index (χ0) is 15.7. The topological polar surface area (TPSA) is 58.4 Å². The Morgan fingerprint density at radius 3 is 2.25 bits per heavy atom. The number of hydrogen-bond donors (Lipinski definition) is 2. The van der Waals surface area contributed by atoms with E-state index < -0.39 is 0 Å². The van der Waals surface area contributed by atoms with E-state index in [1.807, 2.05) is 6.92 Å². The van der Waals surface area contributed by atoms with Gasteiger partial charge in [-0.1, -0.05) is 39.9 Å². The number of nitrogens with zero attached hydrogens (tertiary/aromatic N) is 1. The quantitative estimate of drug-likeness (QED) is 0.607. The molecule has 0 rings (SSSR count). The zero-order valence-corrected chi connectivity index (χ0v) is 14.4. The van der Waals surface area contributed by atoms with Gasteiger partial charge in [0.2, 0.25) is 5.91 Å². The van der Waals surface area contributed by atoms with Gasteiger partial charge in [-0.05, 0) is 25.2 Å². The van der Waals surface area contributed by atoms with Gasteiger partial charge in [0.05, 0.1) is 11.0 Å². The van der Waals surface area contributed by atoms with Crippen LogP contribution in [0, 0.1) is 11.8 Å². The van der Waals surface area contributed by atoms with Gasteiger partial charge < -0.3 is 11.1 Å². The first-order valence-electron chi connectivity index (χ1n) is 7.54. The number of carbonyl (C=O) groups excluding carboxylic acids is 1. The number of amides is 1. The van der Waals surface area contributed by atoms with E-state index in [9.17, 15) is 4.79 Å². The molecule has 1 atom stereocenters. The van der Waals surface area contributed by atoms with Gasteiger partial charge in [0.1, 0.15) is 0 Å². The maximum Gasteiger partial charge on any atom is 0.237 e. The first kappa shape index (κ1) is 19.3. The molecule has 0 aromatic carbocycles. The summed E-state index contributed by atoms with van der Waals surface area (Å²) in [5, 5.41) is 3.01. The fourth-order valence-electron chi connectivity index (χ4n) is 1.96. The van der Waals surface area contributed by atoms with Crippen molar-refractivity contribution >= 4 is 23.1 Å². The van der Waals surface area contributed by atoms with Gasteiger partial charge in [0.15, 0.2) is 0 Å². The van der Waals surface area contributed by atoms with Crippen LogP contribution >= 0.6 is 12.2 Å². The van der Waals surface area contributed by atoms with Crippen molar-refractivity contribution in [2.45, 2.75) is 53.5 Å². The number of hydrogen-bond acceptors (Lipinski definition) is 3. The lowest BCUT2D eigenvalue weighted by molar-refractivity contribution is -0.126. The second-order valence-electron chi connectivity index (χ2n) is 6.25. The Labute approximate surface area is 129 Å². The predicted molar refractivity (Wildman–Crippen MR) is 89.7 cm³/mol. The minimum Gasteiger partial charge on any atom is -0.393 e. The molecular weight excluding hydrogens is 270 g/mol. The summed E-state index contributed by atoms with van der Waals surface area (Å²) in [5.41, 5.74) is 5.57. The number of nitrogens with two attached hydrogens (primary N) is 1. The molecular formula is C15H31N3OS. The van der Waals surface area contributed by atoms with Crippen molar-refractivity contribution in [2.24, 2.45) is 17.6 Å². The number of nitrogens with one attached hydrogen (secondary N) is 1. The molecule has 3 N–H and O–H groups in total. The lowest BCUT2D eigenvalue weighted by Gasteiger charge is -2.29. The molecule has 0 aliphatic carbocycles. The average molecular weight is 302 g/mol. The molecule has 0 aromatic heterocycles. The van der Waals surface area contributed by atoms with Crippen molar-refractivity contribution in [2.75, 3.05) is 19.6 Å². The molecule has 20 heavy (non-hydrogen) atoms. The maximum absolute atomic E-state index is 12.2. The van der Waals surface area contributed by atoms with Crippen LogP contribution in [0.4, 0.5) is 0 Å². The van der Waals surface area contributed by atoms with Crippen LogP contribution in [-0.2, 0) is 4.79 Å². The van der Waals surface area contributed by atoms with E-state index in [0.29, 0.717) is 23.2 Å². The highest BCUT2D eigenvalue weighted by atomic mass is 32.1. The lowest BCUT2D eigenvalue weighted by atomic mass is 10.1. The first-order valence-corrected chi connectivity index (χ1v) is 7.94. The second-order valence-corrected chi connectivity index (χ2v) is 6.78. The van der Waals surface area contributed by atoms with Crippen LogP contribution in [0.2, 0.25) is 0 Å². The predicted octanol–water partition coefficient (Wildman–Crippen LogP) is 2.17. The summed E-state index contributed by atoms with van der Waals surface area (Å²) in [6.45, 7) is 12.9. The van der Waals surface area contributed by atoms with E-state index >= 15 is 0 Å². The molecule has 118 valence electrons. The number of carbonyl (C=O) groups is 1. The number of thiocarbonyl (C=S) groups is 1. The van der Waals surface area contributed by atoms with Gasteiger partial charge in [0, 0.05) is 26.1 Å². The summed E-state index contributed by atoms with van der Waals surface area (Å²) in [7, 11) is 0. The van der Waals surface area contributed by atoms with Crippen LogP contribution in [0.1, 0.15) is 47.5 Å². The van der Waals surface area contributed by atoms with Gasteiger partial charge >= 0.3 is 0 Å². The summed E-state index contributed by atoms with van der Waals surface area (Å²) in [6, 6.07) is -0.140. The second kappa shape index (κ2) is 10.1. The highest BCUT2D eigenvalue weighted by Crippen LogP contribution is 2.06. The molecule has 0 saturated carbocycles. The van der Waals surface area contributed by atoms with E-state index in [0.717, 1.165) is 26.1 Å². The molecule has 0 bridgehead atoms. The van der Waals surface area contributed by atoms with Crippen LogP contribution in [0.25, 0.3) is 0 Å². The fourth-order valence-corrected chi connectivity index (χ4v) is 2.05. The van der Waals surface area contributed by atoms with Crippen molar-refractivity contribution in [3.8, 4) is 0 Å². The molecule has 0 fully saturated rings. The molecule has 0 radical (unpaired) electrons. The Bertz CT molecular complexity index is 305. The lowest BCUT2D eigenvalue weighted by Crippen LogP contribution is -2.47. The zero-order valence-electron chi connectivity index (χ0n) is 13.6. The third-order valence-corrected chi connectivity index (χ3v) is 3.40. The van der Waals surface area contributed by atoms with Gasteiger partial charge in [-0.15, -0.1) is 0 Å². The number of rotatable bonds is 10. The summed E-state index contributed by atoms with van der Waals surface area (Å²) < 4.78 is 0. The standard InChI is InChI=1S/C15H31N3OS/c1-11(2)6-8-17-15(19)13(5)18(10-12(3)4)9-7-14(16)20/h11-13H,6-10H2,1-5H3,(H2,16,20)(H,17,19). The highest BCUT2D eigenvalue weighted by molar-refractivity contribution is 7.80. The minimum atomic E-state index is -0.140. The third-order valence-electron chi connectivity index (χ3n) is 3.19. The SMILES string of the molecule is CC(C)CCNC(=O)C(C)N(CCC(N)=S)CC(C)C. The van der Waals surface area contributed by atoms with Crippen molar-refractivity contribution in [3.63, 3.8) is 0 Å². The van der Waals surface area contributed by atoms with E-state index in [-0.39, 0.29) is 11.9 Å². The van der Waals surface area contributed by atoms with Crippen molar-refractivity contribution in [3.05, 3.63) is 0 Å². The molecule has 0 aromatic rings. The molecule has 0 aliphatic rings. The van der Waals surface area contributed by atoms with Crippen LogP contribution in [-0.4, -0.2) is 41.5 Å². The molecule has 0 spiro atoms. The largest absolute Gasteiger partial charge is 0.393 e. The summed E-state index contributed by atoms with van der Waals surface area (Å²) >= 11 is 4.93. The third kappa shape index (κ3) is 9.26. The first-order chi connectivity index (χ1) is 9.23. The highest BCUT2D eigenvalue weighted by Gasteiger charge is 2.21. The van der Waals surface area contributed by atoms with E-state index in [1.165, 1.54) is 0 Å². The van der Waals surface area contributed by atoms with Crippen molar-refractivity contribution in [1.82, 2.24) is 10.2 Å². The molecule has 1 amide bonds. The summed E-state index contributed by atoms with van der Waals surface area (Å²) in [4.78, 5) is 14.8. The Kier molecular flexibility index (Phi) is 9.76. The minimum absolute atomic E-state index is 0.0919. The van der Waals surface area contributed by atoms with Crippen molar-refractivity contribution < 1.29 is 4.79 Å². The maximum atomic E-state index is 12.2. The van der Waals surface area contributed by atoms with Crippen LogP contribution in [0.5, 0.6) is 0 Å². The van der Waals surface area contributed by atoms with Crippen LogP contribution in [0.3, 0.4) is 0 Å². The normalized spacial score (nSPS) is 13.0. The van der Waals surface area contributed by atoms with Gasteiger partial charge in [-0.25, -0.2) is 0 Å². The van der Waals surface area contributed by atoms with Gasteiger partial charge in [0.25, 0.3) is 0 Å². The smallest absolute Gasteiger partial charge is 0.237 e. The molecule has 1 unspecified atom stereocenters. The van der Waals surface area contributed by atoms with Crippen LogP contribution in [0.15, 0.2) is 0 Å². The van der Waals surface area contributed by atoms with Crippen molar-refractivity contribution in [1.29, 1.82) is 0 Å². The molecule has 0 aliphatic heterocycles. The monoisotopic (exact) mass is 301 g/mol. The molecule has 0 heterocycles. The van der Waals surface area contributed by atoms with Gasteiger partial charge in [-0.2, -0.15) is 0 Å². The Hall–Kier alpha value is -0.680. The average Bonchev–Trinajstić information content (AvgIpc) is 2.32. The molecule has 5 heteroatoms. The van der Waals surface area contributed by atoms with E-state index in [4.69, 9.17) is 18.0 Å².